The Balaban J connectivity index is 1.36. The summed E-state index contributed by atoms with van der Waals surface area (Å²) in [5.41, 5.74) is 2.22. The van der Waals surface area contributed by atoms with Gasteiger partial charge in [-0.3, -0.25) is 9.20 Å². The highest BCUT2D eigenvalue weighted by Crippen LogP contribution is 2.09. The van der Waals surface area contributed by atoms with Gasteiger partial charge in [0.1, 0.15) is 45.0 Å². The molecular formula is C18H21ClN4OS+2. The van der Waals surface area contributed by atoms with Crippen molar-refractivity contribution < 1.29 is 9.80 Å². The Hall–Kier alpha value is -1.73. The van der Waals surface area contributed by atoms with Crippen LogP contribution in [0.5, 0.6) is 0 Å². The van der Waals surface area contributed by atoms with Gasteiger partial charge >= 0.3 is 0 Å². The Bertz CT molecular complexity index is 930. The highest BCUT2D eigenvalue weighted by molar-refractivity contribution is 7.15. The standard InChI is InChI=1S/C18H19ClN4OS/c19-15-3-1-2-14(10-15)12-21-4-6-22(7-5-21)13-16-11-17(24)23-8-9-25-18(23)20-16/h1-3,8-11H,4-7,12-13H2/p+2. The van der Waals surface area contributed by atoms with E-state index < -0.39 is 0 Å². The van der Waals surface area contributed by atoms with E-state index in [9.17, 15) is 4.79 Å². The van der Waals surface area contributed by atoms with E-state index in [0.29, 0.717) is 0 Å². The van der Waals surface area contributed by atoms with Crippen LogP contribution in [0, 0.1) is 0 Å². The van der Waals surface area contributed by atoms with Crippen molar-refractivity contribution in [2.75, 3.05) is 26.2 Å². The van der Waals surface area contributed by atoms with Gasteiger partial charge in [-0.1, -0.05) is 23.7 Å². The molecule has 3 aromatic rings. The molecule has 1 saturated heterocycles. The number of nitrogens with one attached hydrogen (secondary N) is 2. The summed E-state index contributed by atoms with van der Waals surface area (Å²) in [7, 11) is 0. The minimum absolute atomic E-state index is 0.0193. The number of halogens is 1. The number of fused-ring (bicyclic) bond motifs is 1. The van der Waals surface area contributed by atoms with Gasteiger partial charge in [-0.25, -0.2) is 4.98 Å². The van der Waals surface area contributed by atoms with Gasteiger partial charge in [0.15, 0.2) is 4.96 Å². The first-order valence-corrected chi connectivity index (χ1v) is 9.80. The first kappa shape index (κ1) is 16.7. The second-order valence-corrected chi connectivity index (χ2v) is 7.93. The molecule has 1 aliphatic heterocycles. The lowest BCUT2D eigenvalue weighted by atomic mass is 10.2. The maximum Gasteiger partial charge on any atom is 0.258 e. The average Bonchev–Trinajstić information content (AvgIpc) is 3.06. The first-order chi connectivity index (χ1) is 12.2. The lowest BCUT2D eigenvalue weighted by Crippen LogP contribution is -3.27. The Morgan fingerprint density at radius 2 is 1.88 bits per heavy atom. The number of piperazine rings is 1. The fraction of sp³-hybridized carbons (Fsp3) is 0.333. The van der Waals surface area contributed by atoms with Gasteiger partial charge in [-0.15, -0.1) is 11.3 Å². The lowest BCUT2D eigenvalue weighted by Gasteiger charge is -2.29. The predicted molar refractivity (Wildman–Crippen MR) is 99.6 cm³/mol. The van der Waals surface area contributed by atoms with Gasteiger partial charge in [0, 0.05) is 28.2 Å². The molecule has 0 radical (unpaired) electrons. The highest BCUT2D eigenvalue weighted by atomic mass is 35.5. The third-order valence-electron chi connectivity index (χ3n) is 4.79. The van der Waals surface area contributed by atoms with E-state index in [4.69, 9.17) is 11.6 Å². The SMILES string of the molecule is O=c1cc(C[NH+]2CC[NH+](Cc3cccc(Cl)c3)CC2)nc2sccn12. The molecule has 7 heteroatoms. The van der Waals surface area contributed by atoms with Gasteiger partial charge in [0.2, 0.25) is 0 Å². The molecular weight excluding hydrogens is 356 g/mol. The van der Waals surface area contributed by atoms with E-state index in [0.717, 1.165) is 54.9 Å². The van der Waals surface area contributed by atoms with Crippen molar-refractivity contribution >= 4 is 27.9 Å². The molecule has 3 heterocycles. The van der Waals surface area contributed by atoms with E-state index in [1.165, 1.54) is 21.8 Å². The fourth-order valence-corrected chi connectivity index (χ4v) is 4.43. The van der Waals surface area contributed by atoms with Crippen molar-refractivity contribution in [1.29, 1.82) is 0 Å². The smallest absolute Gasteiger partial charge is 0.258 e. The normalized spacial score (nSPS) is 20.8. The molecule has 4 rings (SSSR count). The molecule has 0 unspecified atom stereocenters. The predicted octanol–water partition coefficient (Wildman–Crippen LogP) is -0.107. The molecule has 2 aromatic heterocycles. The van der Waals surface area contributed by atoms with Crippen LogP contribution in [-0.4, -0.2) is 35.6 Å². The summed E-state index contributed by atoms with van der Waals surface area (Å²) >= 11 is 7.58. The number of rotatable bonds is 4. The maximum absolute atomic E-state index is 12.1. The first-order valence-electron chi connectivity index (χ1n) is 8.55. The van der Waals surface area contributed by atoms with Crippen molar-refractivity contribution in [3.8, 4) is 0 Å². The summed E-state index contributed by atoms with van der Waals surface area (Å²) in [6, 6.07) is 9.82. The van der Waals surface area contributed by atoms with Crippen LogP contribution in [0.15, 0.2) is 46.7 Å². The van der Waals surface area contributed by atoms with Crippen LogP contribution >= 0.6 is 22.9 Å². The zero-order valence-corrected chi connectivity index (χ0v) is 15.4. The van der Waals surface area contributed by atoms with Gasteiger partial charge < -0.3 is 9.80 Å². The van der Waals surface area contributed by atoms with E-state index in [2.05, 4.69) is 17.1 Å². The Morgan fingerprint density at radius 1 is 1.12 bits per heavy atom. The molecule has 0 spiro atoms. The summed E-state index contributed by atoms with van der Waals surface area (Å²) < 4.78 is 1.61. The van der Waals surface area contributed by atoms with Crippen LogP contribution < -0.4 is 15.4 Å². The molecule has 1 fully saturated rings. The van der Waals surface area contributed by atoms with Crippen molar-refractivity contribution in [3.05, 3.63) is 68.5 Å². The lowest BCUT2D eigenvalue weighted by molar-refractivity contribution is -1.02. The van der Waals surface area contributed by atoms with Crippen LogP contribution in [0.3, 0.4) is 0 Å². The second kappa shape index (κ2) is 7.25. The summed E-state index contributed by atoms with van der Waals surface area (Å²) in [6.45, 7) is 6.30. The molecule has 130 valence electrons. The minimum atomic E-state index is 0.0193. The quantitative estimate of drug-likeness (QED) is 0.667. The number of hydrogen-bond acceptors (Lipinski definition) is 3. The van der Waals surface area contributed by atoms with E-state index in [1.54, 1.807) is 21.6 Å². The molecule has 2 N–H and O–H groups in total. The zero-order valence-electron chi connectivity index (χ0n) is 13.9. The van der Waals surface area contributed by atoms with E-state index in [-0.39, 0.29) is 5.56 Å². The molecule has 5 nitrogen and oxygen atoms in total. The van der Waals surface area contributed by atoms with Gasteiger partial charge in [0.05, 0.1) is 0 Å². The summed E-state index contributed by atoms with van der Waals surface area (Å²) in [6.07, 6.45) is 1.78. The van der Waals surface area contributed by atoms with Gasteiger partial charge in [-0.05, 0) is 12.1 Å². The molecule has 25 heavy (non-hydrogen) atoms. The highest BCUT2D eigenvalue weighted by Gasteiger charge is 2.23. The van der Waals surface area contributed by atoms with Crippen LogP contribution in [0.4, 0.5) is 0 Å². The Labute approximate surface area is 155 Å². The number of benzene rings is 1. The number of hydrogen-bond donors (Lipinski definition) is 2. The minimum Gasteiger partial charge on any atom is -0.322 e. The molecule has 0 atom stereocenters. The van der Waals surface area contributed by atoms with Crippen LogP contribution in [0.25, 0.3) is 4.96 Å². The largest absolute Gasteiger partial charge is 0.322 e. The summed E-state index contributed by atoms with van der Waals surface area (Å²) in [5, 5.41) is 2.71. The van der Waals surface area contributed by atoms with Crippen molar-refractivity contribution in [2.45, 2.75) is 13.1 Å². The van der Waals surface area contributed by atoms with Crippen molar-refractivity contribution in [2.24, 2.45) is 0 Å². The topological polar surface area (TPSA) is 43.2 Å². The number of thiazole rings is 1. The monoisotopic (exact) mass is 376 g/mol. The fourth-order valence-electron chi connectivity index (χ4n) is 3.48. The molecule has 0 bridgehead atoms. The summed E-state index contributed by atoms with van der Waals surface area (Å²) in [5.74, 6) is 0. The summed E-state index contributed by atoms with van der Waals surface area (Å²) in [4.78, 5) is 20.6. The van der Waals surface area contributed by atoms with Crippen LogP contribution in [0.1, 0.15) is 11.3 Å². The molecule has 0 aliphatic carbocycles. The van der Waals surface area contributed by atoms with E-state index in [1.807, 2.05) is 17.5 Å². The molecule has 0 amide bonds. The van der Waals surface area contributed by atoms with Crippen molar-refractivity contribution in [1.82, 2.24) is 9.38 Å². The van der Waals surface area contributed by atoms with Crippen molar-refractivity contribution in [3.63, 3.8) is 0 Å². The molecule has 1 aliphatic rings. The number of nitrogens with zero attached hydrogens (tertiary/aromatic N) is 2. The molecule has 1 aromatic carbocycles. The van der Waals surface area contributed by atoms with Gasteiger partial charge in [0.25, 0.3) is 5.56 Å². The van der Waals surface area contributed by atoms with E-state index >= 15 is 0 Å². The van der Waals surface area contributed by atoms with Crippen LogP contribution in [-0.2, 0) is 13.1 Å². The Morgan fingerprint density at radius 3 is 2.64 bits per heavy atom. The number of aromatic nitrogens is 2. The zero-order chi connectivity index (χ0) is 17.2. The van der Waals surface area contributed by atoms with Gasteiger partial charge in [-0.2, -0.15) is 0 Å². The second-order valence-electron chi connectivity index (χ2n) is 6.62. The Kier molecular flexibility index (Phi) is 4.85. The average molecular weight is 377 g/mol. The van der Waals surface area contributed by atoms with Crippen LogP contribution in [0.2, 0.25) is 5.02 Å². The third-order valence-corrected chi connectivity index (χ3v) is 5.79. The maximum atomic E-state index is 12.1. The number of quaternary nitrogens is 2. The molecule has 0 saturated carbocycles. The third kappa shape index (κ3) is 3.93.